The topological polar surface area (TPSA) is 17.0 Å². The largest absolute Gasteiger partial charge is 0.347 e. The molecule has 1 aromatic carbocycles. The van der Waals surface area contributed by atoms with E-state index in [2.05, 4.69) is 64.1 Å². The summed E-state index contributed by atoms with van der Waals surface area (Å²) in [5.74, 6) is 0. The van der Waals surface area contributed by atoms with Gasteiger partial charge in [-0.05, 0) is 53.4 Å². The van der Waals surface area contributed by atoms with Gasteiger partial charge in [-0.25, -0.2) is 0 Å². The van der Waals surface area contributed by atoms with Gasteiger partial charge in [0.1, 0.15) is 0 Å². The van der Waals surface area contributed by atoms with Crippen LogP contribution in [0.1, 0.15) is 24.5 Å². The van der Waals surface area contributed by atoms with Crippen LogP contribution in [-0.4, -0.2) is 11.1 Å². The molecule has 0 aliphatic carbocycles. The van der Waals surface area contributed by atoms with E-state index in [0.717, 1.165) is 26.1 Å². The quantitative estimate of drug-likeness (QED) is 0.638. The zero-order chi connectivity index (χ0) is 14.5. The van der Waals surface area contributed by atoms with E-state index in [1.807, 2.05) is 0 Å². The number of aromatic nitrogens is 1. The van der Waals surface area contributed by atoms with Crippen LogP contribution in [-0.2, 0) is 19.5 Å². The number of hydrogen-bond donors (Lipinski definition) is 1. The van der Waals surface area contributed by atoms with E-state index in [0.29, 0.717) is 0 Å². The number of aryl methyl sites for hydroxylation is 2. The molecular formula is C18H22N2S. The van der Waals surface area contributed by atoms with Crippen molar-refractivity contribution in [1.29, 1.82) is 0 Å². The van der Waals surface area contributed by atoms with Crippen LogP contribution in [0, 0.1) is 0 Å². The molecule has 3 aromatic rings. The van der Waals surface area contributed by atoms with Crippen molar-refractivity contribution in [3.8, 4) is 0 Å². The molecule has 0 aliphatic rings. The number of nitrogens with zero attached hydrogens (tertiary/aromatic N) is 1. The number of fused-ring (bicyclic) bond motifs is 1. The molecule has 2 nitrogen and oxygen atoms in total. The van der Waals surface area contributed by atoms with Gasteiger partial charge in [-0.2, -0.15) is 11.3 Å². The Balaban J connectivity index is 1.80. The number of rotatable bonds is 7. The summed E-state index contributed by atoms with van der Waals surface area (Å²) in [7, 11) is 0. The van der Waals surface area contributed by atoms with E-state index in [9.17, 15) is 0 Å². The zero-order valence-electron chi connectivity index (χ0n) is 12.5. The molecule has 0 amide bonds. The highest BCUT2D eigenvalue weighted by Crippen LogP contribution is 2.22. The lowest BCUT2D eigenvalue weighted by Gasteiger charge is -2.03. The van der Waals surface area contributed by atoms with E-state index in [4.69, 9.17) is 0 Å². The molecule has 0 radical (unpaired) electrons. The third-order valence-electron chi connectivity index (χ3n) is 3.83. The second-order valence-corrected chi connectivity index (χ2v) is 6.20. The predicted molar refractivity (Wildman–Crippen MR) is 92.0 cm³/mol. The first-order chi connectivity index (χ1) is 10.4. The minimum atomic E-state index is 0.958. The maximum absolute atomic E-state index is 3.51. The van der Waals surface area contributed by atoms with E-state index < -0.39 is 0 Å². The Morgan fingerprint density at radius 1 is 1.19 bits per heavy atom. The minimum absolute atomic E-state index is 0.958. The number of thiophene rings is 1. The lowest BCUT2D eigenvalue weighted by atomic mass is 10.2. The fraction of sp³-hybridized carbons (Fsp3) is 0.333. The average molecular weight is 298 g/mol. The third kappa shape index (κ3) is 3.36. The third-order valence-corrected chi connectivity index (χ3v) is 4.57. The van der Waals surface area contributed by atoms with Gasteiger partial charge >= 0.3 is 0 Å². The standard InChI is InChI=1S/C18H22N2S/c1-2-9-19-12-16-13-20(10-7-15-8-11-21-14-15)18-6-4-3-5-17(16)18/h3-6,8,11,13-14,19H,2,7,9-10,12H2,1H3. The van der Waals surface area contributed by atoms with Crippen LogP contribution in [0.15, 0.2) is 47.3 Å². The van der Waals surface area contributed by atoms with Crippen molar-refractivity contribution in [2.45, 2.75) is 32.9 Å². The molecule has 0 spiro atoms. The van der Waals surface area contributed by atoms with Gasteiger partial charge in [-0.3, -0.25) is 0 Å². The summed E-state index contributed by atoms with van der Waals surface area (Å²) in [5, 5.41) is 9.30. The Labute approximate surface area is 130 Å². The van der Waals surface area contributed by atoms with Crippen LogP contribution < -0.4 is 5.32 Å². The van der Waals surface area contributed by atoms with E-state index >= 15 is 0 Å². The highest BCUT2D eigenvalue weighted by atomic mass is 32.1. The van der Waals surface area contributed by atoms with Gasteiger partial charge in [0.05, 0.1) is 0 Å². The Morgan fingerprint density at radius 3 is 2.90 bits per heavy atom. The van der Waals surface area contributed by atoms with E-state index in [1.54, 1.807) is 11.3 Å². The first-order valence-electron chi connectivity index (χ1n) is 7.67. The molecule has 0 aliphatic heterocycles. The number of para-hydroxylation sites is 1. The molecule has 0 atom stereocenters. The first-order valence-corrected chi connectivity index (χ1v) is 8.61. The number of benzene rings is 1. The summed E-state index contributed by atoms with van der Waals surface area (Å²) in [4.78, 5) is 0. The molecule has 21 heavy (non-hydrogen) atoms. The van der Waals surface area contributed by atoms with E-state index in [-0.39, 0.29) is 0 Å². The number of nitrogens with one attached hydrogen (secondary N) is 1. The molecule has 0 fully saturated rings. The summed E-state index contributed by atoms with van der Waals surface area (Å²) < 4.78 is 2.40. The van der Waals surface area contributed by atoms with Crippen LogP contribution >= 0.6 is 11.3 Å². The van der Waals surface area contributed by atoms with Gasteiger partial charge < -0.3 is 9.88 Å². The van der Waals surface area contributed by atoms with Crippen molar-refractivity contribution >= 4 is 22.2 Å². The molecule has 2 aromatic heterocycles. The predicted octanol–water partition coefficient (Wildman–Crippen LogP) is 4.45. The van der Waals surface area contributed by atoms with Gasteiger partial charge in [0, 0.05) is 30.2 Å². The molecule has 3 heteroatoms. The smallest absolute Gasteiger partial charge is 0.0483 e. The summed E-state index contributed by atoms with van der Waals surface area (Å²) in [6, 6.07) is 11.0. The normalized spacial score (nSPS) is 11.3. The monoisotopic (exact) mass is 298 g/mol. The SMILES string of the molecule is CCCNCc1cn(CCc2ccsc2)c2ccccc12. The lowest BCUT2D eigenvalue weighted by Crippen LogP contribution is -2.13. The molecule has 0 unspecified atom stereocenters. The Morgan fingerprint density at radius 2 is 2.10 bits per heavy atom. The molecule has 3 rings (SSSR count). The molecule has 110 valence electrons. The zero-order valence-corrected chi connectivity index (χ0v) is 13.3. The maximum Gasteiger partial charge on any atom is 0.0483 e. The van der Waals surface area contributed by atoms with Gasteiger partial charge in [-0.1, -0.05) is 25.1 Å². The molecule has 0 saturated heterocycles. The molecule has 1 N–H and O–H groups in total. The van der Waals surface area contributed by atoms with Crippen molar-refractivity contribution < 1.29 is 0 Å². The fourth-order valence-electron chi connectivity index (χ4n) is 2.73. The van der Waals surface area contributed by atoms with Crippen molar-refractivity contribution in [2.24, 2.45) is 0 Å². The summed E-state index contributed by atoms with van der Waals surface area (Å²) in [5.41, 5.74) is 4.19. The minimum Gasteiger partial charge on any atom is -0.347 e. The van der Waals surface area contributed by atoms with Gasteiger partial charge in [-0.15, -0.1) is 0 Å². The molecule has 0 saturated carbocycles. The fourth-order valence-corrected chi connectivity index (χ4v) is 3.44. The second kappa shape index (κ2) is 6.92. The van der Waals surface area contributed by atoms with Crippen LogP contribution in [0.5, 0.6) is 0 Å². The highest BCUT2D eigenvalue weighted by molar-refractivity contribution is 7.07. The van der Waals surface area contributed by atoms with Crippen molar-refractivity contribution in [2.75, 3.05) is 6.54 Å². The average Bonchev–Trinajstić information content (AvgIpc) is 3.14. The van der Waals surface area contributed by atoms with Crippen molar-refractivity contribution in [1.82, 2.24) is 9.88 Å². The number of hydrogen-bond acceptors (Lipinski definition) is 2. The van der Waals surface area contributed by atoms with Crippen LogP contribution in [0.25, 0.3) is 10.9 Å². The van der Waals surface area contributed by atoms with Gasteiger partial charge in [0.15, 0.2) is 0 Å². The lowest BCUT2D eigenvalue weighted by molar-refractivity contribution is 0.670. The second-order valence-electron chi connectivity index (χ2n) is 5.42. The van der Waals surface area contributed by atoms with Crippen LogP contribution in [0.3, 0.4) is 0 Å². The van der Waals surface area contributed by atoms with Crippen LogP contribution in [0.4, 0.5) is 0 Å². The highest BCUT2D eigenvalue weighted by Gasteiger charge is 2.07. The summed E-state index contributed by atoms with van der Waals surface area (Å²) in [6.07, 6.45) is 4.60. The van der Waals surface area contributed by atoms with Gasteiger partial charge in [0.2, 0.25) is 0 Å². The summed E-state index contributed by atoms with van der Waals surface area (Å²) in [6.45, 7) is 5.29. The van der Waals surface area contributed by atoms with Crippen molar-refractivity contribution in [3.05, 3.63) is 58.4 Å². The Bertz CT molecular complexity index is 682. The molecule has 0 bridgehead atoms. The Hall–Kier alpha value is -1.58. The van der Waals surface area contributed by atoms with E-state index in [1.165, 1.54) is 28.5 Å². The maximum atomic E-state index is 3.51. The Kier molecular flexibility index (Phi) is 4.73. The van der Waals surface area contributed by atoms with Crippen LogP contribution in [0.2, 0.25) is 0 Å². The first kappa shape index (κ1) is 14.4. The molecular weight excluding hydrogens is 276 g/mol. The van der Waals surface area contributed by atoms with Gasteiger partial charge in [0.25, 0.3) is 0 Å². The molecule has 2 heterocycles. The summed E-state index contributed by atoms with van der Waals surface area (Å²) >= 11 is 1.78. The van der Waals surface area contributed by atoms with Crippen molar-refractivity contribution in [3.63, 3.8) is 0 Å².